The molecule has 0 spiro atoms. The van der Waals surface area contributed by atoms with Gasteiger partial charge in [-0.3, -0.25) is 9.59 Å². The molecule has 0 aromatic rings. The number of amides is 2. The zero-order chi connectivity index (χ0) is 17.9. The molecule has 0 N–H and O–H groups in total. The Morgan fingerprint density at radius 2 is 0.808 bits per heavy atom. The summed E-state index contributed by atoms with van der Waals surface area (Å²) in [6, 6.07) is 0. The lowest BCUT2D eigenvalue weighted by molar-refractivity contribution is -0.139. The van der Waals surface area contributed by atoms with Crippen molar-refractivity contribution in [1.82, 2.24) is 9.80 Å². The average Bonchev–Trinajstić information content (AvgIpc) is 3.41. The highest BCUT2D eigenvalue weighted by atomic mass is 16.2. The minimum Gasteiger partial charge on any atom is -0.342 e. The molecule has 2 aliphatic heterocycles. The van der Waals surface area contributed by atoms with Gasteiger partial charge in [-0.1, -0.05) is 25.7 Å². The van der Waals surface area contributed by atoms with E-state index in [4.69, 9.17) is 0 Å². The van der Waals surface area contributed by atoms with Gasteiger partial charge < -0.3 is 9.80 Å². The summed E-state index contributed by atoms with van der Waals surface area (Å²) in [6.45, 7) is 3.89. The van der Waals surface area contributed by atoms with E-state index in [1.807, 2.05) is 0 Å². The van der Waals surface area contributed by atoms with Crippen LogP contribution in [0.1, 0.15) is 77.0 Å². The second-order valence-corrected chi connectivity index (χ2v) is 9.29. The Kier molecular flexibility index (Phi) is 5.85. The molecular formula is C22H36N2O2. The lowest BCUT2D eigenvalue weighted by Crippen LogP contribution is -2.46. The van der Waals surface area contributed by atoms with Crippen LogP contribution in [0.3, 0.4) is 0 Å². The molecule has 146 valence electrons. The van der Waals surface area contributed by atoms with Gasteiger partial charge in [0.15, 0.2) is 0 Å². The molecule has 2 heterocycles. The van der Waals surface area contributed by atoms with Crippen molar-refractivity contribution in [3.05, 3.63) is 0 Å². The van der Waals surface area contributed by atoms with Gasteiger partial charge in [0.05, 0.1) is 0 Å². The number of piperidine rings is 2. The minimum atomic E-state index is 0.330. The first kappa shape index (κ1) is 18.3. The van der Waals surface area contributed by atoms with Gasteiger partial charge in [0, 0.05) is 38.0 Å². The first-order chi connectivity index (χ1) is 12.7. The molecule has 4 rings (SSSR count). The van der Waals surface area contributed by atoms with E-state index in [0.29, 0.717) is 23.7 Å². The fraction of sp³-hybridized carbons (Fsp3) is 0.909. The number of hydrogen-bond acceptors (Lipinski definition) is 2. The van der Waals surface area contributed by atoms with Crippen LogP contribution in [0.4, 0.5) is 0 Å². The molecule has 4 heteroatoms. The van der Waals surface area contributed by atoms with Crippen molar-refractivity contribution in [2.24, 2.45) is 23.7 Å². The molecule has 0 atom stereocenters. The molecule has 4 nitrogen and oxygen atoms in total. The second kappa shape index (κ2) is 8.31. The zero-order valence-electron chi connectivity index (χ0n) is 16.3. The number of nitrogens with zero attached hydrogens (tertiary/aromatic N) is 2. The van der Waals surface area contributed by atoms with Crippen molar-refractivity contribution in [3.8, 4) is 0 Å². The predicted octanol–water partition coefficient (Wildman–Crippen LogP) is 3.84. The van der Waals surface area contributed by atoms with Gasteiger partial charge in [0.25, 0.3) is 0 Å². The van der Waals surface area contributed by atoms with Crippen LogP contribution in [0, 0.1) is 23.7 Å². The van der Waals surface area contributed by atoms with Crippen molar-refractivity contribution in [2.45, 2.75) is 77.0 Å². The van der Waals surface area contributed by atoms with Crippen LogP contribution in [-0.4, -0.2) is 47.8 Å². The number of rotatable bonds is 3. The molecule has 2 saturated heterocycles. The van der Waals surface area contributed by atoms with Crippen LogP contribution in [0.25, 0.3) is 0 Å². The standard InChI is InChI=1S/C22H36N2O2/c25-21(19-5-1-2-6-19)23-13-9-17(10-14-23)18-11-15-24(16-12-18)22(26)20-7-3-4-8-20/h17-20H,1-16H2. The van der Waals surface area contributed by atoms with E-state index in [0.717, 1.165) is 63.7 Å². The first-order valence-corrected chi connectivity index (χ1v) is 11.3. The maximum absolute atomic E-state index is 12.6. The lowest BCUT2D eigenvalue weighted by Gasteiger charge is -2.41. The van der Waals surface area contributed by atoms with Crippen molar-refractivity contribution in [1.29, 1.82) is 0 Å². The molecule has 0 unspecified atom stereocenters. The van der Waals surface area contributed by atoms with Crippen molar-refractivity contribution < 1.29 is 9.59 Å². The van der Waals surface area contributed by atoms with Gasteiger partial charge in [-0.15, -0.1) is 0 Å². The van der Waals surface area contributed by atoms with Gasteiger partial charge in [0.1, 0.15) is 0 Å². The fourth-order valence-electron chi connectivity index (χ4n) is 6.04. The van der Waals surface area contributed by atoms with E-state index in [-0.39, 0.29) is 0 Å². The highest BCUT2D eigenvalue weighted by Crippen LogP contribution is 2.35. The predicted molar refractivity (Wildman–Crippen MR) is 103 cm³/mol. The summed E-state index contributed by atoms with van der Waals surface area (Å²) in [5.74, 6) is 3.08. The molecule has 4 aliphatic rings. The molecule has 26 heavy (non-hydrogen) atoms. The number of likely N-dealkylation sites (tertiary alicyclic amines) is 2. The molecule has 0 aromatic heterocycles. The van der Waals surface area contributed by atoms with E-state index in [2.05, 4.69) is 9.80 Å². The summed E-state index contributed by atoms with van der Waals surface area (Å²) in [5, 5.41) is 0. The Balaban J connectivity index is 1.21. The third-order valence-electron chi connectivity index (χ3n) is 7.78. The van der Waals surface area contributed by atoms with Gasteiger partial charge in [0.2, 0.25) is 11.8 Å². The summed E-state index contributed by atoms with van der Waals surface area (Å²) < 4.78 is 0. The van der Waals surface area contributed by atoms with Crippen LogP contribution in [0.5, 0.6) is 0 Å². The van der Waals surface area contributed by atoms with Gasteiger partial charge in [-0.05, 0) is 63.2 Å². The number of carbonyl (C=O) groups excluding carboxylic acids is 2. The Morgan fingerprint density at radius 1 is 0.500 bits per heavy atom. The van der Waals surface area contributed by atoms with Crippen LogP contribution >= 0.6 is 0 Å². The van der Waals surface area contributed by atoms with Crippen LogP contribution in [0.15, 0.2) is 0 Å². The third kappa shape index (κ3) is 3.94. The first-order valence-electron chi connectivity index (χ1n) is 11.3. The van der Waals surface area contributed by atoms with Gasteiger partial charge >= 0.3 is 0 Å². The lowest BCUT2D eigenvalue weighted by atomic mass is 9.78. The quantitative estimate of drug-likeness (QED) is 0.767. The summed E-state index contributed by atoms with van der Waals surface area (Å²) in [4.78, 5) is 29.5. The Bertz CT molecular complexity index is 446. The van der Waals surface area contributed by atoms with Crippen molar-refractivity contribution >= 4 is 11.8 Å². The summed E-state index contributed by atoms with van der Waals surface area (Å²) in [7, 11) is 0. The highest BCUT2D eigenvalue weighted by molar-refractivity contribution is 5.79. The Labute approximate surface area is 158 Å². The molecular weight excluding hydrogens is 324 g/mol. The largest absolute Gasteiger partial charge is 0.342 e. The molecule has 0 aromatic carbocycles. The monoisotopic (exact) mass is 360 g/mol. The van der Waals surface area contributed by atoms with Gasteiger partial charge in [-0.2, -0.15) is 0 Å². The van der Waals surface area contributed by atoms with E-state index in [9.17, 15) is 9.59 Å². The molecule has 2 saturated carbocycles. The smallest absolute Gasteiger partial charge is 0.225 e. The minimum absolute atomic E-state index is 0.330. The Hall–Kier alpha value is -1.06. The van der Waals surface area contributed by atoms with E-state index >= 15 is 0 Å². The second-order valence-electron chi connectivity index (χ2n) is 9.29. The maximum atomic E-state index is 12.6. The van der Waals surface area contributed by atoms with E-state index in [1.54, 1.807) is 0 Å². The SMILES string of the molecule is O=C(C1CCCC1)N1CCC(C2CCN(C(=O)C3CCCC3)CC2)CC1. The summed E-state index contributed by atoms with van der Waals surface area (Å²) >= 11 is 0. The average molecular weight is 361 g/mol. The molecule has 0 bridgehead atoms. The van der Waals surface area contributed by atoms with E-state index in [1.165, 1.54) is 51.4 Å². The van der Waals surface area contributed by atoms with E-state index < -0.39 is 0 Å². The topological polar surface area (TPSA) is 40.6 Å². The fourth-order valence-corrected chi connectivity index (χ4v) is 6.04. The summed E-state index contributed by atoms with van der Waals surface area (Å²) in [5.41, 5.74) is 0. The molecule has 0 radical (unpaired) electrons. The van der Waals surface area contributed by atoms with Crippen LogP contribution in [-0.2, 0) is 9.59 Å². The number of carbonyl (C=O) groups is 2. The number of hydrogen-bond donors (Lipinski definition) is 0. The summed E-state index contributed by atoms with van der Waals surface area (Å²) in [6.07, 6.45) is 14.2. The molecule has 2 amide bonds. The van der Waals surface area contributed by atoms with Crippen LogP contribution in [0.2, 0.25) is 0 Å². The van der Waals surface area contributed by atoms with Gasteiger partial charge in [-0.25, -0.2) is 0 Å². The van der Waals surface area contributed by atoms with Crippen LogP contribution < -0.4 is 0 Å². The zero-order valence-corrected chi connectivity index (χ0v) is 16.3. The van der Waals surface area contributed by atoms with Crippen molar-refractivity contribution in [2.75, 3.05) is 26.2 Å². The third-order valence-corrected chi connectivity index (χ3v) is 7.78. The molecule has 2 aliphatic carbocycles. The Morgan fingerprint density at radius 3 is 1.12 bits per heavy atom. The molecule has 4 fully saturated rings. The highest BCUT2D eigenvalue weighted by Gasteiger charge is 2.35. The normalized spacial score (nSPS) is 27.4. The van der Waals surface area contributed by atoms with Crippen molar-refractivity contribution in [3.63, 3.8) is 0 Å². The maximum Gasteiger partial charge on any atom is 0.225 e.